The molecule has 3 rings (SSSR count). The summed E-state index contributed by atoms with van der Waals surface area (Å²) in [6.07, 6.45) is 3.85. The smallest absolute Gasteiger partial charge is 0.161 e. The quantitative estimate of drug-likeness (QED) is 0.774. The number of benzene rings is 1. The number of fused-ring (bicyclic) bond motifs is 1. The Hall–Kier alpha value is -1.35. The van der Waals surface area contributed by atoms with E-state index in [0.717, 1.165) is 36.3 Å². The van der Waals surface area contributed by atoms with Gasteiger partial charge in [-0.1, -0.05) is 12.1 Å². The van der Waals surface area contributed by atoms with Gasteiger partial charge < -0.3 is 9.80 Å². The van der Waals surface area contributed by atoms with E-state index in [0.29, 0.717) is 0 Å². The number of para-hydroxylation sites is 1. The molecule has 0 saturated carbocycles. The fourth-order valence-corrected chi connectivity index (χ4v) is 3.92. The summed E-state index contributed by atoms with van der Waals surface area (Å²) in [6.45, 7) is 5.07. The Morgan fingerprint density at radius 1 is 1.20 bits per heavy atom. The lowest BCUT2D eigenvalue weighted by molar-refractivity contribution is 0.100. The van der Waals surface area contributed by atoms with Crippen molar-refractivity contribution in [3.63, 3.8) is 0 Å². The molecule has 0 aliphatic carbocycles. The van der Waals surface area contributed by atoms with Crippen LogP contribution < -0.4 is 4.90 Å². The first-order chi connectivity index (χ1) is 9.66. The van der Waals surface area contributed by atoms with E-state index in [1.165, 1.54) is 25.8 Å². The van der Waals surface area contributed by atoms with Gasteiger partial charge in [-0.15, -0.1) is 0 Å². The van der Waals surface area contributed by atoms with Gasteiger partial charge in [-0.05, 0) is 57.8 Å². The van der Waals surface area contributed by atoms with Crippen molar-refractivity contribution in [3.8, 4) is 0 Å². The lowest BCUT2D eigenvalue weighted by Crippen LogP contribution is -2.52. The van der Waals surface area contributed by atoms with Crippen LogP contribution in [-0.4, -0.2) is 43.4 Å². The van der Waals surface area contributed by atoms with E-state index < -0.39 is 0 Å². The van der Waals surface area contributed by atoms with Crippen LogP contribution >= 0.6 is 0 Å². The number of carbonyl (C=O) groups is 1. The highest BCUT2D eigenvalue weighted by Crippen LogP contribution is 2.33. The molecular formula is C17H24N2O. The first-order valence-corrected chi connectivity index (χ1v) is 7.72. The molecule has 20 heavy (non-hydrogen) atoms. The van der Waals surface area contributed by atoms with E-state index in [4.69, 9.17) is 0 Å². The maximum Gasteiger partial charge on any atom is 0.161 e. The maximum absolute atomic E-state index is 11.8. The van der Waals surface area contributed by atoms with Gasteiger partial charge >= 0.3 is 0 Å². The van der Waals surface area contributed by atoms with E-state index in [9.17, 15) is 4.79 Å². The summed E-state index contributed by atoms with van der Waals surface area (Å²) in [6, 6.07) is 8.80. The van der Waals surface area contributed by atoms with Crippen LogP contribution in [0.25, 0.3) is 0 Å². The lowest BCUT2D eigenvalue weighted by atomic mass is 9.84. The predicted octanol–water partition coefficient (Wildman–Crippen LogP) is 2.81. The number of Topliss-reactive ketones (excluding diaryl/α,β-unsaturated/α-hetero) is 1. The van der Waals surface area contributed by atoms with Crippen molar-refractivity contribution in [2.45, 2.75) is 32.2 Å². The standard InChI is InChI=1S/C17H24N2O/c1-13(20)15-7-3-4-8-17(15)19-11-9-16-14(12-19)6-5-10-18(16)2/h3-4,7-8,14,16H,5-6,9-12H2,1-2H3. The van der Waals surface area contributed by atoms with Gasteiger partial charge in [0.05, 0.1) is 0 Å². The minimum atomic E-state index is 0.170. The fourth-order valence-electron chi connectivity index (χ4n) is 3.92. The molecule has 2 aliphatic heterocycles. The molecule has 2 atom stereocenters. The Morgan fingerprint density at radius 2 is 2.00 bits per heavy atom. The largest absolute Gasteiger partial charge is 0.371 e. The van der Waals surface area contributed by atoms with Gasteiger partial charge in [0.25, 0.3) is 0 Å². The van der Waals surface area contributed by atoms with Crippen LogP contribution in [0.15, 0.2) is 24.3 Å². The van der Waals surface area contributed by atoms with Crippen molar-refractivity contribution < 1.29 is 4.79 Å². The van der Waals surface area contributed by atoms with Crippen molar-refractivity contribution in [1.82, 2.24) is 4.90 Å². The second-order valence-corrected chi connectivity index (χ2v) is 6.26. The zero-order chi connectivity index (χ0) is 14.1. The van der Waals surface area contributed by atoms with E-state index in [-0.39, 0.29) is 5.78 Å². The highest BCUT2D eigenvalue weighted by molar-refractivity contribution is 5.99. The third-order valence-electron chi connectivity index (χ3n) is 4.97. The molecule has 108 valence electrons. The molecule has 3 nitrogen and oxygen atoms in total. The predicted molar refractivity (Wildman–Crippen MR) is 82.4 cm³/mol. The molecular weight excluding hydrogens is 248 g/mol. The summed E-state index contributed by atoms with van der Waals surface area (Å²) in [5.74, 6) is 0.922. The molecule has 1 aromatic rings. The van der Waals surface area contributed by atoms with Crippen molar-refractivity contribution in [1.29, 1.82) is 0 Å². The first-order valence-electron chi connectivity index (χ1n) is 7.72. The summed E-state index contributed by atoms with van der Waals surface area (Å²) >= 11 is 0. The van der Waals surface area contributed by atoms with Crippen LogP contribution in [0.5, 0.6) is 0 Å². The Morgan fingerprint density at radius 3 is 2.80 bits per heavy atom. The lowest BCUT2D eigenvalue weighted by Gasteiger charge is -2.47. The molecule has 0 amide bonds. The van der Waals surface area contributed by atoms with Gasteiger partial charge in [-0.2, -0.15) is 0 Å². The molecule has 2 unspecified atom stereocenters. The average molecular weight is 272 g/mol. The fraction of sp³-hybridized carbons (Fsp3) is 0.588. The number of hydrogen-bond donors (Lipinski definition) is 0. The Kier molecular flexibility index (Phi) is 3.79. The molecule has 0 radical (unpaired) electrons. The van der Waals surface area contributed by atoms with Gasteiger partial charge in [0.2, 0.25) is 0 Å². The number of piperidine rings is 2. The summed E-state index contributed by atoms with van der Waals surface area (Å²) in [5.41, 5.74) is 2.00. The molecule has 2 aliphatic rings. The van der Waals surface area contributed by atoms with Crippen LogP contribution in [0.3, 0.4) is 0 Å². The van der Waals surface area contributed by atoms with Gasteiger partial charge in [-0.25, -0.2) is 0 Å². The van der Waals surface area contributed by atoms with Crippen LogP contribution in [0.4, 0.5) is 5.69 Å². The van der Waals surface area contributed by atoms with Gasteiger partial charge in [0.15, 0.2) is 5.78 Å². The molecule has 0 aromatic heterocycles. The average Bonchev–Trinajstić information content (AvgIpc) is 2.47. The SMILES string of the molecule is CC(=O)c1ccccc1N1CCC2C(CCCN2C)C1. The number of rotatable bonds is 2. The molecule has 3 heteroatoms. The van der Waals surface area contributed by atoms with Crippen molar-refractivity contribution >= 4 is 11.5 Å². The highest BCUT2D eigenvalue weighted by Gasteiger charge is 2.34. The van der Waals surface area contributed by atoms with Crippen LogP contribution in [0.2, 0.25) is 0 Å². The summed E-state index contributed by atoms with van der Waals surface area (Å²) < 4.78 is 0. The third kappa shape index (κ3) is 2.47. The Balaban J connectivity index is 1.81. The first kappa shape index (κ1) is 13.6. The molecule has 2 heterocycles. The number of nitrogens with zero attached hydrogens (tertiary/aromatic N) is 2. The van der Waals surface area contributed by atoms with Crippen LogP contribution in [0.1, 0.15) is 36.5 Å². The summed E-state index contributed by atoms with van der Waals surface area (Å²) in [4.78, 5) is 16.8. The van der Waals surface area contributed by atoms with Crippen LogP contribution in [0, 0.1) is 5.92 Å². The number of carbonyl (C=O) groups excluding carboxylic acids is 1. The molecule has 2 saturated heterocycles. The number of hydrogen-bond acceptors (Lipinski definition) is 3. The molecule has 0 N–H and O–H groups in total. The highest BCUT2D eigenvalue weighted by atomic mass is 16.1. The van der Waals surface area contributed by atoms with E-state index in [1.807, 2.05) is 18.2 Å². The molecule has 2 fully saturated rings. The second kappa shape index (κ2) is 5.57. The van der Waals surface area contributed by atoms with Crippen LogP contribution in [-0.2, 0) is 0 Å². The topological polar surface area (TPSA) is 23.6 Å². The minimum Gasteiger partial charge on any atom is -0.371 e. The summed E-state index contributed by atoms with van der Waals surface area (Å²) in [5, 5.41) is 0. The third-order valence-corrected chi connectivity index (χ3v) is 4.97. The van der Waals surface area contributed by atoms with E-state index in [2.05, 4.69) is 22.9 Å². The number of anilines is 1. The van der Waals surface area contributed by atoms with Crippen molar-refractivity contribution in [2.24, 2.45) is 5.92 Å². The number of likely N-dealkylation sites (tertiary alicyclic amines) is 1. The van der Waals surface area contributed by atoms with Gasteiger partial charge in [-0.3, -0.25) is 4.79 Å². The van der Waals surface area contributed by atoms with Gasteiger partial charge in [0.1, 0.15) is 0 Å². The van der Waals surface area contributed by atoms with E-state index >= 15 is 0 Å². The Labute approximate surface area is 121 Å². The van der Waals surface area contributed by atoms with Gasteiger partial charge in [0, 0.05) is 30.4 Å². The van der Waals surface area contributed by atoms with Crippen molar-refractivity contribution in [3.05, 3.63) is 29.8 Å². The molecule has 0 spiro atoms. The number of ketones is 1. The maximum atomic E-state index is 11.8. The summed E-state index contributed by atoms with van der Waals surface area (Å²) in [7, 11) is 2.26. The monoisotopic (exact) mass is 272 g/mol. The van der Waals surface area contributed by atoms with E-state index in [1.54, 1.807) is 6.92 Å². The van der Waals surface area contributed by atoms with Crippen molar-refractivity contribution in [2.75, 3.05) is 31.6 Å². The Bertz CT molecular complexity index is 500. The second-order valence-electron chi connectivity index (χ2n) is 6.26. The normalized spacial score (nSPS) is 27.2. The molecule has 1 aromatic carbocycles. The zero-order valence-electron chi connectivity index (χ0n) is 12.5. The molecule has 0 bridgehead atoms. The minimum absolute atomic E-state index is 0.170. The zero-order valence-corrected chi connectivity index (χ0v) is 12.5.